The molecular formula is C35H24F2N8O2. The second-order valence-electron chi connectivity index (χ2n) is 11.2. The van der Waals surface area contributed by atoms with Crippen LogP contribution in [0.2, 0.25) is 0 Å². The van der Waals surface area contributed by atoms with Gasteiger partial charge >= 0.3 is 0 Å². The Labute approximate surface area is 266 Å². The third-order valence-electron chi connectivity index (χ3n) is 8.43. The predicted octanol–water partition coefficient (Wildman–Crippen LogP) is 5.22. The molecule has 2 aliphatic rings. The summed E-state index contributed by atoms with van der Waals surface area (Å²) in [6.45, 7) is 4.26. The summed E-state index contributed by atoms with van der Waals surface area (Å²) in [6, 6.07) is 19.0. The fourth-order valence-electron chi connectivity index (χ4n) is 6.41. The van der Waals surface area contributed by atoms with Crippen molar-refractivity contribution in [2.75, 3.05) is 13.1 Å². The van der Waals surface area contributed by atoms with E-state index in [2.05, 4.69) is 32.7 Å². The topological polar surface area (TPSA) is 141 Å². The van der Waals surface area contributed by atoms with E-state index in [0.717, 1.165) is 38.5 Å². The molecule has 2 aliphatic heterocycles. The van der Waals surface area contributed by atoms with Gasteiger partial charge in [-0.25, -0.2) is 9.97 Å². The minimum Gasteiger partial charge on any atom is -0.349 e. The fraction of sp³-hybridized carbons (Fsp3) is 0.143. The zero-order valence-corrected chi connectivity index (χ0v) is 24.9. The number of carbonyl (C=O) groups is 2. The molecule has 8 rings (SSSR count). The van der Waals surface area contributed by atoms with Crippen LogP contribution in [0, 0.1) is 41.5 Å². The van der Waals surface area contributed by atoms with Crippen LogP contribution in [0.3, 0.4) is 0 Å². The lowest BCUT2D eigenvalue weighted by molar-refractivity contribution is 0.0920. The molecule has 10 nitrogen and oxygen atoms in total. The highest BCUT2D eigenvalue weighted by Crippen LogP contribution is 2.36. The Balaban J connectivity index is 0.000000150. The van der Waals surface area contributed by atoms with Crippen LogP contribution in [0.5, 0.6) is 0 Å². The molecule has 6 aromatic rings. The molecule has 230 valence electrons. The van der Waals surface area contributed by atoms with Gasteiger partial charge in [0.2, 0.25) is 11.9 Å². The lowest BCUT2D eigenvalue weighted by atomic mass is 10.00. The van der Waals surface area contributed by atoms with E-state index in [0.29, 0.717) is 59.8 Å². The Bertz CT molecular complexity index is 2360. The number of rotatable bonds is 2. The van der Waals surface area contributed by atoms with Gasteiger partial charge in [0.1, 0.15) is 11.4 Å². The summed E-state index contributed by atoms with van der Waals surface area (Å²) in [7, 11) is 0. The van der Waals surface area contributed by atoms with E-state index in [-0.39, 0.29) is 11.8 Å². The monoisotopic (exact) mass is 626 g/mol. The number of aromatic nitrogens is 4. The van der Waals surface area contributed by atoms with E-state index in [1.807, 2.05) is 16.1 Å². The molecule has 0 atom stereocenters. The zero-order chi connectivity index (χ0) is 32.8. The molecule has 0 saturated heterocycles. The Morgan fingerprint density at radius 3 is 2.17 bits per heavy atom. The van der Waals surface area contributed by atoms with Crippen LogP contribution in [-0.4, -0.2) is 44.0 Å². The van der Waals surface area contributed by atoms with Gasteiger partial charge in [-0.05, 0) is 66.6 Å². The number of pyridine rings is 2. The van der Waals surface area contributed by atoms with Gasteiger partial charge in [0, 0.05) is 72.1 Å². The van der Waals surface area contributed by atoms with Crippen molar-refractivity contribution in [3.8, 4) is 34.4 Å². The summed E-state index contributed by atoms with van der Waals surface area (Å²) in [5.74, 6) is -1.39. The Morgan fingerprint density at radius 2 is 1.47 bits per heavy atom. The van der Waals surface area contributed by atoms with Crippen LogP contribution in [-0.2, 0) is 13.1 Å². The maximum atomic E-state index is 13.5. The van der Waals surface area contributed by atoms with E-state index >= 15 is 0 Å². The number of nitriles is 2. The summed E-state index contributed by atoms with van der Waals surface area (Å²) in [5.41, 5.74) is 7.53. The molecule has 0 radical (unpaired) electrons. The van der Waals surface area contributed by atoms with Crippen LogP contribution >= 0.6 is 0 Å². The second kappa shape index (κ2) is 11.5. The maximum Gasteiger partial charge on any atom is 0.268 e. The molecule has 0 spiro atoms. The highest BCUT2D eigenvalue weighted by atomic mass is 19.1. The molecule has 47 heavy (non-hydrogen) atoms. The van der Waals surface area contributed by atoms with Crippen LogP contribution < -0.4 is 10.6 Å². The smallest absolute Gasteiger partial charge is 0.268 e. The van der Waals surface area contributed by atoms with Crippen LogP contribution in [0.4, 0.5) is 8.78 Å². The van der Waals surface area contributed by atoms with Crippen molar-refractivity contribution < 1.29 is 18.4 Å². The van der Waals surface area contributed by atoms with Gasteiger partial charge < -0.3 is 19.8 Å². The average molecular weight is 627 g/mol. The SMILES string of the molecule is Cc1c2n(c3c(-c4ccc(F)nc4)cc(C#N)cc13)CCNC2=O.N#Cc1cc(-c2ccnc(F)c2)c2c(c1)cc1n2CCNC1=O. The maximum absolute atomic E-state index is 13.5. The fourth-order valence-corrected chi connectivity index (χ4v) is 6.41. The van der Waals surface area contributed by atoms with Gasteiger partial charge in [-0.2, -0.15) is 19.3 Å². The molecule has 0 bridgehead atoms. The minimum atomic E-state index is -0.582. The van der Waals surface area contributed by atoms with Gasteiger partial charge in [-0.3, -0.25) is 9.59 Å². The summed E-state index contributed by atoms with van der Waals surface area (Å²) in [5, 5.41) is 25.9. The number of nitrogens with zero attached hydrogens (tertiary/aromatic N) is 6. The highest BCUT2D eigenvalue weighted by molar-refractivity contribution is 6.07. The lowest BCUT2D eigenvalue weighted by Gasteiger charge is -2.18. The first-order chi connectivity index (χ1) is 22.8. The van der Waals surface area contributed by atoms with E-state index in [1.54, 1.807) is 42.5 Å². The first kappa shape index (κ1) is 29.3. The van der Waals surface area contributed by atoms with Crippen molar-refractivity contribution >= 4 is 33.6 Å². The molecule has 4 aromatic heterocycles. The normalized spacial score (nSPS) is 13.5. The minimum absolute atomic E-state index is 0.114. The lowest BCUT2D eigenvalue weighted by Crippen LogP contribution is -2.35. The molecule has 0 fully saturated rings. The van der Waals surface area contributed by atoms with Gasteiger partial charge in [0.15, 0.2) is 0 Å². The number of carbonyl (C=O) groups excluding carboxylic acids is 2. The third kappa shape index (κ3) is 5.02. The first-order valence-electron chi connectivity index (χ1n) is 14.7. The van der Waals surface area contributed by atoms with Crippen molar-refractivity contribution in [2.24, 2.45) is 0 Å². The van der Waals surface area contributed by atoms with Crippen molar-refractivity contribution in [3.63, 3.8) is 0 Å². The summed E-state index contributed by atoms with van der Waals surface area (Å²) in [4.78, 5) is 31.6. The van der Waals surface area contributed by atoms with Crippen molar-refractivity contribution in [1.29, 1.82) is 10.5 Å². The number of nitrogens with one attached hydrogen (secondary N) is 2. The standard InChI is InChI=1S/C18H13FN4O.C17H11FN4O/c1-10-13-6-11(8-20)7-14(12-2-3-15(19)22-9-12)17(13)23-5-4-21-18(24)16(10)23;18-15-8-11(1-2-20-15)13-6-10(9-19)5-12-7-14-17(23)21-3-4-22(14)16(12)13/h2-3,6-7,9H,4-5H2,1H3,(H,21,24);1-2,5-8H,3-4H2,(H,21,23). The van der Waals surface area contributed by atoms with Crippen molar-refractivity contribution in [3.05, 3.63) is 107 Å². The number of halogens is 2. The molecule has 0 unspecified atom stereocenters. The van der Waals surface area contributed by atoms with Gasteiger partial charge in [0.25, 0.3) is 11.8 Å². The zero-order valence-electron chi connectivity index (χ0n) is 24.9. The first-order valence-corrected chi connectivity index (χ1v) is 14.7. The van der Waals surface area contributed by atoms with E-state index < -0.39 is 11.9 Å². The van der Waals surface area contributed by atoms with E-state index in [4.69, 9.17) is 0 Å². The van der Waals surface area contributed by atoms with Gasteiger partial charge in [-0.1, -0.05) is 0 Å². The summed E-state index contributed by atoms with van der Waals surface area (Å²) < 4.78 is 30.6. The molecule has 6 heterocycles. The molecule has 0 saturated carbocycles. The Morgan fingerprint density at radius 1 is 0.766 bits per heavy atom. The summed E-state index contributed by atoms with van der Waals surface area (Å²) in [6.07, 6.45) is 2.84. The highest BCUT2D eigenvalue weighted by Gasteiger charge is 2.26. The average Bonchev–Trinajstić information content (AvgIpc) is 3.61. The van der Waals surface area contributed by atoms with Crippen molar-refractivity contribution in [2.45, 2.75) is 20.0 Å². The predicted molar refractivity (Wildman–Crippen MR) is 169 cm³/mol. The molecule has 2 amide bonds. The Kier molecular flexibility index (Phi) is 7.18. The molecular weight excluding hydrogens is 602 g/mol. The number of hydrogen-bond acceptors (Lipinski definition) is 6. The van der Waals surface area contributed by atoms with E-state index in [9.17, 15) is 28.9 Å². The largest absolute Gasteiger partial charge is 0.349 e. The van der Waals surface area contributed by atoms with Crippen molar-refractivity contribution in [1.82, 2.24) is 29.7 Å². The number of amides is 2. The van der Waals surface area contributed by atoms with Gasteiger partial charge in [-0.15, -0.1) is 0 Å². The van der Waals surface area contributed by atoms with Crippen LogP contribution in [0.25, 0.3) is 44.1 Å². The molecule has 12 heteroatoms. The molecule has 2 N–H and O–H groups in total. The van der Waals surface area contributed by atoms with Crippen LogP contribution in [0.1, 0.15) is 37.7 Å². The number of benzene rings is 2. The third-order valence-corrected chi connectivity index (χ3v) is 8.43. The summed E-state index contributed by atoms with van der Waals surface area (Å²) >= 11 is 0. The number of fused-ring (bicyclic) bond motifs is 6. The second-order valence-corrected chi connectivity index (χ2v) is 11.2. The van der Waals surface area contributed by atoms with E-state index in [1.165, 1.54) is 24.5 Å². The Hall–Kier alpha value is -6.40. The molecule has 0 aliphatic carbocycles. The molecule has 2 aromatic carbocycles. The number of aryl methyl sites for hydroxylation is 1. The van der Waals surface area contributed by atoms with Crippen LogP contribution in [0.15, 0.2) is 67.0 Å². The van der Waals surface area contributed by atoms with Gasteiger partial charge in [0.05, 0.1) is 34.3 Å². The quantitative estimate of drug-likeness (QED) is 0.253. The number of hydrogen-bond donors (Lipinski definition) is 2.